The number of sulfone groups is 1. The van der Waals surface area contributed by atoms with Crippen molar-refractivity contribution in [1.82, 2.24) is 0 Å². The molecule has 1 atom stereocenters. The maximum absolute atomic E-state index is 11.9. The predicted octanol–water partition coefficient (Wildman–Crippen LogP) is 0.393. The van der Waals surface area contributed by atoms with E-state index in [1.807, 2.05) is 0 Å². The summed E-state index contributed by atoms with van der Waals surface area (Å²) in [6.45, 7) is 1.89. The highest BCUT2D eigenvalue weighted by molar-refractivity contribution is 7.92. The van der Waals surface area contributed by atoms with Gasteiger partial charge in [0.2, 0.25) is 6.79 Å². The second kappa shape index (κ2) is 6.31. The predicted molar refractivity (Wildman–Crippen MR) is 74.8 cm³/mol. The lowest BCUT2D eigenvalue weighted by molar-refractivity contribution is -0.139. The van der Waals surface area contributed by atoms with Crippen molar-refractivity contribution in [2.75, 3.05) is 24.9 Å². The summed E-state index contributed by atoms with van der Waals surface area (Å²) in [6, 6.07) is 4.25. The minimum absolute atomic E-state index is 0.134. The van der Waals surface area contributed by atoms with E-state index in [1.165, 1.54) is 0 Å². The van der Waals surface area contributed by atoms with Crippen LogP contribution in [0.4, 0.5) is 0 Å². The molecule has 1 aliphatic heterocycles. The molecular formula is C13H17NO6S. The molecule has 0 amide bonds. The van der Waals surface area contributed by atoms with E-state index >= 15 is 0 Å². The van der Waals surface area contributed by atoms with Gasteiger partial charge in [0, 0.05) is 6.04 Å². The Hall–Kier alpha value is -1.80. The van der Waals surface area contributed by atoms with Gasteiger partial charge in [-0.3, -0.25) is 4.79 Å². The van der Waals surface area contributed by atoms with Crippen LogP contribution in [0.15, 0.2) is 18.2 Å². The van der Waals surface area contributed by atoms with Crippen LogP contribution in [0.3, 0.4) is 0 Å². The fourth-order valence-electron chi connectivity index (χ4n) is 1.95. The number of benzene rings is 1. The number of carbonyl (C=O) groups excluding carboxylic acids is 1. The summed E-state index contributed by atoms with van der Waals surface area (Å²) in [5, 5.41) is 0. The maximum atomic E-state index is 11.9. The van der Waals surface area contributed by atoms with Crippen molar-refractivity contribution < 1.29 is 27.4 Å². The lowest BCUT2D eigenvalue weighted by atomic mass is 10.1. The van der Waals surface area contributed by atoms with Crippen molar-refractivity contribution in [3.05, 3.63) is 23.8 Å². The van der Waals surface area contributed by atoms with E-state index in [1.54, 1.807) is 25.1 Å². The molecule has 0 radical (unpaired) electrons. The quantitative estimate of drug-likeness (QED) is 0.757. The maximum Gasteiger partial charge on any atom is 0.321 e. The number of rotatable bonds is 6. The molecule has 0 aliphatic carbocycles. The number of hydrogen-bond donors (Lipinski definition) is 1. The van der Waals surface area contributed by atoms with Crippen molar-refractivity contribution in [1.29, 1.82) is 0 Å². The van der Waals surface area contributed by atoms with Gasteiger partial charge in [0.1, 0.15) is 5.75 Å². The van der Waals surface area contributed by atoms with Gasteiger partial charge in [-0.05, 0) is 24.6 Å². The van der Waals surface area contributed by atoms with E-state index in [2.05, 4.69) is 4.74 Å². The summed E-state index contributed by atoms with van der Waals surface area (Å²) in [6.07, 6.45) is 0. The third kappa shape index (κ3) is 4.08. The lowest BCUT2D eigenvalue weighted by Gasteiger charge is -2.13. The molecule has 0 spiro atoms. The van der Waals surface area contributed by atoms with Gasteiger partial charge in [0.25, 0.3) is 0 Å². The smallest absolute Gasteiger partial charge is 0.321 e. The summed E-state index contributed by atoms with van der Waals surface area (Å²) in [5.74, 6) is -0.647. The third-order valence-corrected chi connectivity index (χ3v) is 4.44. The van der Waals surface area contributed by atoms with Crippen LogP contribution < -0.4 is 15.2 Å². The highest BCUT2D eigenvalue weighted by atomic mass is 32.2. The van der Waals surface area contributed by atoms with Gasteiger partial charge in [0.05, 0.1) is 12.4 Å². The molecule has 1 aromatic carbocycles. The third-order valence-electron chi connectivity index (χ3n) is 2.90. The topological polar surface area (TPSA) is 105 Å². The normalized spacial score (nSPS) is 14.8. The minimum atomic E-state index is -3.64. The molecule has 0 fully saturated rings. The number of hydrogen-bond acceptors (Lipinski definition) is 7. The Bertz CT molecular complexity index is 628. The van der Waals surface area contributed by atoms with Gasteiger partial charge in [-0.2, -0.15) is 0 Å². The first-order valence-electron chi connectivity index (χ1n) is 6.42. The van der Waals surface area contributed by atoms with Crippen molar-refractivity contribution in [2.45, 2.75) is 13.0 Å². The van der Waals surface area contributed by atoms with Crippen LogP contribution >= 0.6 is 0 Å². The summed E-state index contributed by atoms with van der Waals surface area (Å²) in [5.41, 5.74) is 6.50. The van der Waals surface area contributed by atoms with E-state index in [-0.39, 0.29) is 19.2 Å². The molecule has 7 nitrogen and oxygen atoms in total. The Kier molecular flexibility index (Phi) is 4.69. The summed E-state index contributed by atoms with van der Waals surface area (Å²) < 4.78 is 38.8. The van der Waals surface area contributed by atoms with Gasteiger partial charge in [-0.15, -0.1) is 0 Å². The van der Waals surface area contributed by atoms with Crippen LogP contribution in [-0.2, 0) is 19.4 Å². The van der Waals surface area contributed by atoms with Crippen molar-refractivity contribution >= 4 is 15.8 Å². The molecule has 0 saturated heterocycles. The van der Waals surface area contributed by atoms with Crippen molar-refractivity contribution in [3.63, 3.8) is 0 Å². The fourth-order valence-corrected chi connectivity index (χ4v) is 3.25. The zero-order chi connectivity index (χ0) is 15.5. The van der Waals surface area contributed by atoms with Gasteiger partial charge >= 0.3 is 5.97 Å². The second-order valence-electron chi connectivity index (χ2n) is 4.58. The summed E-state index contributed by atoms with van der Waals surface area (Å²) in [7, 11) is -3.64. The van der Waals surface area contributed by atoms with Gasteiger partial charge < -0.3 is 19.9 Å². The SMILES string of the molecule is CCOC(=O)CS(=O)(=O)CC(N)c1ccc2c(c1)OCO2. The number of fused-ring (bicyclic) bond motifs is 1. The van der Waals surface area contributed by atoms with Crippen LogP contribution in [0.25, 0.3) is 0 Å². The zero-order valence-corrected chi connectivity index (χ0v) is 12.4. The average molecular weight is 315 g/mol. The standard InChI is InChI=1S/C13H17NO6S/c1-2-18-13(15)7-21(16,17)6-10(14)9-3-4-11-12(5-9)20-8-19-11/h3-5,10H,2,6-8,14H2,1H3. The van der Waals surface area contributed by atoms with E-state index in [9.17, 15) is 13.2 Å². The molecule has 8 heteroatoms. The average Bonchev–Trinajstić information content (AvgIpc) is 2.84. The first-order valence-corrected chi connectivity index (χ1v) is 8.24. The Balaban J connectivity index is 2.03. The molecule has 1 aromatic rings. The van der Waals surface area contributed by atoms with E-state index in [0.717, 1.165) is 0 Å². The van der Waals surface area contributed by atoms with Gasteiger partial charge in [-0.1, -0.05) is 6.07 Å². The van der Waals surface area contributed by atoms with Crippen LogP contribution in [0, 0.1) is 0 Å². The van der Waals surface area contributed by atoms with Gasteiger partial charge in [0.15, 0.2) is 21.3 Å². The summed E-state index contributed by atoms with van der Waals surface area (Å²) >= 11 is 0. The molecule has 2 rings (SSSR count). The van der Waals surface area contributed by atoms with Crippen LogP contribution in [0.5, 0.6) is 11.5 Å². The van der Waals surface area contributed by atoms with E-state index in [4.69, 9.17) is 15.2 Å². The number of carbonyl (C=O) groups is 1. The molecule has 2 N–H and O–H groups in total. The van der Waals surface area contributed by atoms with Gasteiger partial charge in [-0.25, -0.2) is 8.42 Å². The minimum Gasteiger partial charge on any atom is -0.465 e. The zero-order valence-electron chi connectivity index (χ0n) is 11.6. The Morgan fingerprint density at radius 1 is 1.38 bits per heavy atom. The second-order valence-corrected chi connectivity index (χ2v) is 6.69. The highest BCUT2D eigenvalue weighted by Crippen LogP contribution is 2.34. The molecule has 1 aliphatic rings. The van der Waals surface area contributed by atoms with Crippen LogP contribution in [-0.4, -0.2) is 39.3 Å². The number of ether oxygens (including phenoxy) is 3. The molecule has 1 heterocycles. The molecule has 0 saturated carbocycles. The van der Waals surface area contributed by atoms with E-state index in [0.29, 0.717) is 17.1 Å². The monoisotopic (exact) mass is 315 g/mol. The van der Waals surface area contributed by atoms with Crippen molar-refractivity contribution in [2.24, 2.45) is 5.73 Å². The highest BCUT2D eigenvalue weighted by Gasteiger charge is 2.23. The number of nitrogens with two attached hydrogens (primary N) is 1. The Labute approximate surface area is 122 Å². The summed E-state index contributed by atoms with van der Waals surface area (Å²) in [4.78, 5) is 11.3. The fraction of sp³-hybridized carbons (Fsp3) is 0.462. The van der Waals surface area contributed by atoms with E-state index < -0.39 is 27.6 Å². The first-order chi connectivity index (χ1) is 9.91. The van der Waals surface area contributed by atoms with Crippen LogP contribution in [0.2, 0.25) is 0 Å². The molecule has 0 bridgehead atoms. The molecule has 116 valence electrons. The Morgan fingerprint density at radius 2 is 2.10 bits per heavy atom. The molecule has 0 aromatic heterocycles. The first kappa shape index (κ1) is 15.6. The molecule has 21 heavy (non-hydrogen) atoms. The largest absolute Gasteiger partial charge is 0.465 e. The van der Waals surface area contributed by atoms with Crippen molar-refractivity contribution in [3.8, 4) is 11.5 Å². The Morgan fingerprint density at radius 3 is 2.81 bits per heavy atom. The lowest BCUT2D eigenvalue weighted by Crippen LogP contribution is -2.27. The molecular weight excluding hydrogens is 298 g/mol. The van der Waals surface area contributed by atoms with Crippen LogP contribution in [0.1, 0.15) is 18.5 Å². The molecule has 1 unspecified atom stereocenters. The number of esters is 1.